The Hall–Kier alpha value is -3.45. The molecule has 7 heteroatoms. The summed E-state index contributed by atoms with van der Waals surface area (Å²) in [5, 5.41) is 6.16. The molecule has 4 aromatic rings. The molecule has 6 nitrogen and oxygen atoms in total. The first-order chi connectivity index (χ1) is 13.8. The van der Waals surface area contributed by atoms with Gasteiger partial charge in [-0.3, -0.25) is 14.4 Å². The molecule has 0 N–H and O–H groups in total. The summed E-state index contributed by atoms with van der Waals surface area (Å²) in [6.45, 7) is 3.56. The molecule has 4 rings (SSSR count). The summed E-state index contributed by atoms with van der Waals surface area (Å²) in [7, 11) is -4.20. The summed E-state index contributed by atoms with van der Waals surface area (Å²) in [6, 6.07) is 17.4. The predicted molar refractivity (Wildman–Crippen MR) is 111 cm³/mol. The van der Waals surface area contributed by atoms with Crippen LogP contribution in [0.1, 0.15) is 20.8 Å². The third kappa shape index (κ3) is 3.19. The van der Waals surface area contributed by atoms with Crippen LogP contribution < -0.4 is 5.19 Å². The lowest BCUT2D eigenvalue weighted by Crippen LogP contribution is -2.59. The Morgan fingerprint density at radius 3 is 1.59 bits per heavy atom. The molecule has 0 spiro atoms. The standard InChI is InChI=1S/C22H18O6Si/c1-13(23)26-29(27-14(2)24,28-15(3)25)20-12-10-18-8-7-16-5-4-6-17-9-11-19(20)22(18)21(16)17/h4-12H,1-3H3. The van der Waals surface area contributed by atoms with Crippen LogP contribution >= 0.6 is 0 Å². The molecule has 0 saturated carbocycles. The van der Waals surface area contributed by atoms with Crippen molar-refractivity contribution >= 4 is 64.2 Å². The predicted octanol–water partition coefficient (Wildman–Crippen LogP) is 3.42. The number of hydrogen-bond donors (Lipinski definition) is 0. The summed E-state index contributed by atoms with van der Waals surface area (Å²) in [5.74, 6) is -2.11. The largest absolute Gasteiger partial charge is 0.743 e. The molecule has 0 heterocycles. The average Bonchev–Trinajstić information content (AvgIpc) is 2.64. The average molecular weight is 406 g/mol. The Bertz CT molecular complexity index is 1220. The van der Waals surface area contributed by atoms with Gasteiger partial charge in [0.1, 0.15) is 0 Å². The van der Waals surface area contributed by atoms with Crippen LogP contribution in [0.15, 0.2) is 54.6 Å². The number of benzene rings is 4. The van der Waals surface area contributed by atoms with E-state index in [1.807, 2.05) is 48.5 Å². The second kappa shape index (κ2) is 6.86. The fraction of sp³-hybridized carbons (Fsp3) is 0.136. The zero-order valence-corrected chi connectivity index (χ0v) is 17.1. The van der Waals surface area contributed by atoms with Crippen molar-refractivity contribution in [3.8, 4) is 0 Å². The van der Waals surface area contributed by atoms with Crippen LogP contribution in [0, 0.1) is 0 Å². The third-order valence-electron chi connectivity index (χ3n) is 4.69. The number of hydrogen-bond acceptors (Lipinski definition) is 6. The van der Waals surface area contributed by atoms with Crippen molar-refractivity contribution in [2.75, 3.05) is 0 Å². The molecule has 0 unspecified atom stereocenters. The maximum Gasteiger partial charge on any atom is 0.743 e. The molecular formula is C22H18O6Si. The zero-order chi connectivity index (χ0) is 20.8. The molecule has 146 valence electrons. The summed E-state index contributed by atoms with van der Waals surface area (Å²) in [4.78, 5) is 35.7. The van der Waals surface area contributed by atoms with E-state index in [0.29, 0.717) is 10.6 Å². The Labute approximate surface area is 167 Å². The second-order valence-corrected chi connectivity index (χ2v) is 9.07. The Kier molecular flexibility index (Phi) is 4.47. The molecule has 0 fully saturated rings. The van der Waals surface area contributed by atoms with Gasteiger partial charge in [0.2, 0.25) is 0 Å². The van der Waals surface area contributed by atoms with Crippen LogP contribution in [-0.4, -0.2) is 26.7 Å². The van der Waals surface area contributed by atoms with Crippen molar-refractivity contribution in [1.82, 2.24) is 0 Å². The molecule has 0 amide bonds. The molecule has 0 saturated heterocycles. The van der Waals surface area contributed by atoms with Crippen LogP contribution in [-0.2, 0) is 27.7 Å². The van der Waals surface area contributed by atoms with Crippen LogP contribution in [0.3, 0.4) is 0 Å². The minimum Gasteiger partial charge on any atom is -0.452 e. The van der Waals surface area contributed by atoms with E-state index in [-0.39, 0.29) is 0 Å². The van der Waals surface area contributed by atoms with Gasteiger partial charge in [-0.05, 0) is 32.3 Å². The van der Waals surface area contributed by atoms with Gasteiger partial charge in [-0.2, -0.15) is 0 Å². The minimum atomic E-state index is -4.20. The van der Waals surface area contributed by atoms with Gasteiger partial charge >= 0.3 is 8.80 Å². The molecule has 0 aliphatic heterocycles. The highest BCUT2D eigenvalue weighted by Gasteiger charge is 2.55. The van der Waals surface area contributed by atoms with Crippen molar-refractivity contribution in [1.29, 1.82) is 0 Å². The lowest BCUT2D eigenvalue weighted by molar-refractivity contribution is -0.146. The Morgan fingerprint density at radius 2 is 1.07 bits per heavy atom. The highest BCUT2D eigenvalue weighted by molar-refractivity contribution is 6.81. The summed E-state index contributed by atoms with van der Waals surface area (Å²) >= 11 is 0. The third-order valence-corrected chi connectivity index (χ3v) is 7.46. The lowest BCUT2D eigenvalue weighted by atomic mass is 9.94. The maximum absolute atomic E-state index is 11.9. The first-order valence-corrected chi connectivity index (χ1v) is 10.8. The molecule has 0 radical (unpaired) electrons. The van der Waals surface area contributed by atoms with Crippen LogP contribution in [0.2, 0.25) is 0 Å². The van der Waals surface area contributed by atoms with Gasteiger partial charge in [-0.15, -0.1) is 0 Å². The fourth-order valence-electron chi connectivity index (χ4n) is 3.80. The molecule has 4 aromatic carbocycles. The first kappa shape index (κ1) is 18.9. The number of rotatable bonds is 4. The zero-order valence-electron chi connectivity index (χ0n) is 16.1. The van der Waals surface area contributed by atoms with Gasteiger partial charge < -0.3 is 13.3 Å². The van der Waals surface area contributed by atoms with Crippen LogP contribution in [0.4, 0.5) is 0 Å². The maximum atomic E-state index is 11.9. The topological polar surface area (TPSA) is 78.9 Å². The van der Waals surface area contributed by atoms with Gasteiger partial charge in [0, 0.05) is 20.8 Å². The first-order valence-electron chi connectivity index (χ1n) is 9.06. The smallest absolute Gasteiger partial charge is 0.452 e. The van der Waals surface area contributed by atoms with E-state index in [0.717, 1.165) is 26.9 Å². The SMILES string of the molecule is CC(=O)O[Si](OC(C)=O)(OC(C)=O)c1ccc2ccc3cccc4ccc1c2c34. The molecule has 0 atom stereocenters. The summed E-state index contributed by atoms with van der Waals surface area (Å²) < 4.78 is 16.3. The van der Waals surface area contributed by atoms with E-state index in [1.165, 1.54) is 20.8 Å². The molecule has 0 aliphatic carbocycles. The van der Waals surface area contributed by atoms with Crippen LogP contribution in [0.25, 0.3) is 32.3 Å². The van der Waals surface area contributed by atoms with E-state index in [4.69, 9.17) is 13.3 Å². The van der Waals surface area contributed by atoms with Gasteiger partial charge in [0.05, 0.1) is 5.19 Å². The lowest BCUT2D eigenvalue weighted by Gasteiger charge is -2.27. The van der Waals surface area contributed by atoms with E-state index in [2.05, 4.69) is 0 Å². The van der Waals surface area contributed by atoms with Gasteiger partial charge in [-0.25, -0.2) is 0 Å². The van der Waals surface area contributed by atoms with E-state index >= 15 is 0 Å². The van der Waals surface area contributed by atoms with E-state index in [1.54, 1.807) is 6.07 Å². The van der Waals surface area contributed by atoms with Gasteiger partial charge in [0.15, 0.2) is 0 Å². The normalized spacial score (nSPS) is 11.7. The Balaban J connectivity index is 2.11. The summed E-state index contributed by atoms with van der Waals surface area (Å²) in [6.07, 6.45) is 0. The number of carbonyl (C=O) groups excluding carboxylic acids is 3. The molecule has 0 aliphatic rings. The minimum absolute atomic E-state index is 0.392. The van der Waals surface area contributed by atoms with Crippen molar-refractivity contribution in [3.63, 3.8) is 0 Å². The molecule has 29 heavy (non-hydrogen) atoms. The van der Waals surface area contributed by atoms with Crippen LogP contribution in [0.5, 0.6) is 0 Å². The highest BCUT2D eigenvalue weighted by Crippen LogP contribution is 2.34. The monoisotopic (exact) mass is 406 g/mol. The molecule has 0 aromatic heterocycles. The van der Waals surface area contributed by atoms with Crippen molar-refractivity contribution in [2.24, 2.45) is 0 Å². The van der Waals surface area contributed by atoms with Crippen molar-refractivity contribution in [3.05, 3.63) is 54.6 Å². The van der Waals surface area contributed by atoms with Crippen molar-refractivity contribution in [2.45, 2.75) is 20.8 Å². The van der Waals surface area contributed by atoms with Gasteiger partial charge in [0.25, 0.3) is 17.9 Å². The molecular weight excluding hydrogens is 388 g/mol. The van der Waals surface area contributed by atoms with E-state index < -0.39 is 26.7 Å². The summed E-state index contributed by atoms with van der Waals surface area (Å²) in [5.41, 5.74) is 0. The van der Waals surface area contributed by atoms with Crippen molar-refractivity contribution < 1.29 is 27.7 Å². The second-order valence-electron chi connectivity index (χ2n) is 6.81. The molecule has 0 bridgehead atoms. The van der Waals surface area contributed by atoms with Gasteiger partial charge in [-0.1, -0.05) is 54.6 Å². The highest BCUT2D eigenvalue weighted by atomic mass is 28.4. The quantitative estimate of drug-likeness (QED) is 0.382. The Morgan fingerprint density at radius 1 is 0.621 bits per heavy atom. The fourth-order valence-corrected chi connectivity index (χ4v) is 6.21. The number of carbonyl (C=O) groups is 3. The van der Waals surface area contributed by atoms with E-state index in [9.17, 15) is 14.4 Å².